The summed E-state index contributed by atoms with van der Waals surface area (Å²) in [5, 5.41) is 10.2. The fourth-order valence-corrected chi connectivity index (χ4v) is 19.4. The summed E-state index contributed by atoms with van der Waals surface area (Å²) in [6.45, 7) is 29.0. The van der Waals surface area contributed by atoms with Gasteiger partial charge in [0.05, 0.1) is 0 Å². The Morgan fingerprint density at radius 2 is 0.494 bits per heavy atom. The van der Waals surface area contributed by atoms with Gasteiger partial charge in [0.15, 0.2) is 0 Å². The van der Waals surface area contributed by atoms with Crippen LogP contribution in [0.25, 0.3) is 0 Å². The van der Waals surface area contributed by atoms with Crippen molar-refractivity contribution in [3.63, 3.8) is 0 Å². The summed E-state index contributed by atoms with van der Waals surface area (Å²) in [5.41, 5.74) is 20.5. The predicted octanol–water partition coefficient (Wildman–Crippen LogP) is 22.4. The van der Waals surface area contributed by atoms with Crippen molar-refractivity contribution in [1.29, 1.82) is 0 Å². The molecular weight excluding hydrogens is 1150 g/mol. The van der Waals surface area contributed by atoms with Crippen molar-refractivity contribution in [2.24, 2.45) is 0 Å². The van der Waals surface area contributed by atoms with Crippen molar-refractivity contribution >= 4 is 47.7 Å². The third-order valence-electron chi connectivity index (χ3n) is 18.2. The van der Waals surface area contributed by atoms with Gasteiger partial charge in [0, 0.05) is 19.5 Å². The summed E-state index contributed by atoms with van der Waals surface area (Å²) < 4.78 is 0. The summed E-state index contributed by atoms with van der Waals surface area (Å²) in [6, 6.07) is 39.8. The molecule has 0 radical (unpaired) electrons. The molecule has 0 aliphatic carbocycles. The molecule has 0 aromatic heterocycles. The molecule has 0 bridgehead atoms. The Labute approximate surface area is 541 Å². The van der Waals surface area contributed by atoms with E-state index in [1.54, 1.807) is 98.6 Å². The van der Waals surface area contributed by atoms with E-state index in [4.69, 9.17) is 0 Å². The zero-order chi connectivity index (χ0) is 60.3. The monoisotopic (exact) mass is 1270 g/mol. The zero-order valence-electron chi connectivity index (χ0n) is 56.9. The standard InChI is InChI=1S/C77H119P2.C5H5.Ru/c1-13-25-38-60-52-56-72(68(46-33-21-9)64(60)42-29-17-5)78(73-57-53-61(39-26-14-2)65(43-30-18-6)69(73)47-34-22-10)76-50-37-51-77(76)79(74-58-54-62(40-27-15-3)66(44-31-19-7)70(74)48-35-23-11)75-59-55-63(41-28-16-4)67(45-32-20-8)71(75)49-36-24-12;1-2-4-5-3-1;/h37,50-59H,13-36,38-49H2,1-12H3;1-5H;/q-1;-5;. The van der Waals surface area contributed by atoms with E-state index in [0.717, 1.165) is 0 Å². The predicted molar refractivity (Wildman–Crippen MR) is 385 cm³/mol. The van der Waals surface area contributed by atoms with Crippen molar-refractivity contribution in [2.45, 2.75) is 314 Å². The molecule has 0 unspecified atom stereocenters. The molecule has 3 heteroatoms. The molecule has 6 aromatic carbocycles. The SMILES string of the molecule is CCCCc1ccc(P(c2ccc(CCCC)c(CCCC)c2CCCC)c2ccc[c-]2P(c2ccc(CCCC)c(CCCC)c2CCCC)c2ccc(CCCC)c(CCCC)c2CCCC)c(CCCC)c1CCCC.[Ru].[cH-]1[cH-][cH-][cH-][cH-]1. The van der Waals surface area contributed by atoms with Crippen LogP contribution >= 0.6 is 15.8 Å². The third-order valence-corrected chi connectivity index (χ3v) is 23.7. The topological polar surface area (TPSA) is 0 Å². The minimum Gasteiger partial charge on any atom is -0.748 e. The van der Waals surface area contributed by atoms with E-state index >= 15 is 0 Å². The van der Waals surface area contributed by atoms with Crippen molar-refractivity contribution < 1.29 is 19.5 Å². The smallest absolute Gasteiger partial charge is 0 e. The minimum atomic E-state index is -0.918. The van der Waals surface area contributed by atoms with E-state index < -0.39 is 15.8 Å². The van der Waals surface area contributed by atoms with E-state index in [1.807, 2.05) is 30.3 Å². The molecule has 0 aliphatic rings. The Kier molecular flexibility index (Phi) is 38.3. The molecule has 6 aromatic rings. The number of aryl methyl sites for hydroxylation is 4. The largest absolute Gasteiger partial charge is 0.748 e. The number of unbranched alkanes of at least 4 members (excludes halogenated alkanes) is 12. The second-order valence-electron chi connectivity index (χ2n) is 25.0. The maximum atomic E-state index is 2.76. The summed E-state index contributed by atoms with van der Waals surface area (Å²) in [6.07, 6.45) is 44.5. The molecule has 0 saturated heterocycles. The second kappa shape index (κ2) is 43.7. The Bertz CT molecular complexity index is 2360. The third kappa shape index (κ3) is 21.9. The summed E-state index contributed by atoms with van der Waals surface area (Å²) >= 11 is 0. The molecule has 85 heavy (non-hydrogen) atoms. The van der Waals surface area contributed by atoms with E-state index in [2.05, 4.69) is 150 Å². The van der Waals surface area contributed by atoms with Crippen LogP contribution < -0.4 is 31.8 Å². The molecule has 6 rings (SSSR count). The van der Waals surface area contributed by atoms with Crippen LogP contribution in [0.3, 0.4) is 0 Å². The van der Waals surface area contributed by atoms with Crippen molar-refractivity contribution in [1.82, 2.24) is 0 Å². The van der Waals surface area contributed by atoms with Gasteiger partial charge in [-0.05, 0) is 250 Å². The quantitative estimate of drug-likeness (QED) is 0.0204. The fraction of sp³-hybridized carbons (Fsp3) is 0.585. The van der Waals surface area contributed by atoms with Gasteiger partial charge in [-0.15, -0.1) is 10.6 Å². The molecule has 0 N–H and O–H groups in total. The Hall–Kier alpha value is -2.94. The number of rotatable bonds is 42. The first-order valence-electron chi connectivity index (χ1n) is 35.9. The number of benzene rings is 4. The first kappa shape index (κ1) is 74.5. The van der Waals surface area contributed by atoms with Gasteiger partial charge in [-0.1, -0.05) is 217 Å². The normalized spacial score (nSPS) is 11.5. The first-order chi connectivity index (χ1) is 41.3. The molecule has 476 valence electrons. The van der Waals surface area contributed by atoms with Crippen molar-refractivity contribution in [3.05, 3.63) is 164 Å². The van der Waals surface area contributed by atoms with Gasteiger partial charge >= 0.3 is 0 Å². The number of hydrogen-bond acceptors (Lipinski definition) is 0. The van der Waals surface area contributed by atoms with Crippen LogP contribution in [0.1, 0.15) is 304 Å². The second-order valence-corrected chi connectivity index (χ2v) is 29.2. The molecule has 0 saturated carbocycles. The molecule has 0 amide bonds. The molecule has 0 atom stereocenters. The Morgan fingerprint density at radius 3 is 0.753 bits per heavy atom. The van der Waals surface area contributed by atoms with Crippen LogP contribution in [-0.4, -0.2) is 0 Å². The van der Waals surface area contributed by atoms with Gasteiger partial charge in [-0.2, -0.15) is 6.07 Å². The van der Waals surface area contributed by atoms with Crippen LogP contribution in [0.2, 0.25) is 0 Å². The summed E-state index contributed by atoms with van der Waals surface area (Å²) in [7, 11) is -1.84. The molecule has 0 heterocycles. The van der Waals surface area contributed by atoms with Crippen LogP contribution in [0.4, 0.5) is 0 Å². The molecule has 0 spiro atoms. The van der Waals surface area contributed by atoms with E-state index in [1.165, 1.54) is 231 Å². The van der Waals surface area contributed by atoms with Crippen molar-refractivity contribution in [3.8, 4) is 0 Å². The van der Waals surface area contributed by atoms with Crippen LogP contribution in [0.5, 0.6) is 0 Å². The molecule has 0 nitrogen and oxygen atoms in total. The zero-order valence-corrected chi connectivity index (χ0v) is 60.5. The van der Waals surface area contributed by atoms with Crippen LogP contribution in [-0.2, 0) is 96.5 Å². The first-order valence-corrected chi connectivity index (χ1v) is 38.6. The fourth-order valence-electron chi connectivity index (χ4n) is 13.2. The van der Waals surface area contributed by atoms with E-state index in [0.29, 0.717) is 0 Å². The van der Waals surface area contributed by atoms with Gasteiger partial charge in [-0.25, -0.2) is 12.1 Å². The average Bonchev–Trinajstić information content (AvgIpc) is 2.67. The number of hydrogen-bond donors (Lipinski definition) is 0. The van der Waals surface area contributed by atoms with Gasteiger partial charge in [0.25, 0.3) is 0 Å². The van der Waals surface area contributed by atoms with Crippen LogP contribution in [0, 0.1) is 0 Å². The summed E-state index contributed by atoms with van der Waals surface area (Å²) in [5.74, 6) is 0. The van der Waals surface area contributed by atoms with Crippen molar-refractivity contribution in [2.75, 3.05) is 0 Å². The Morgan fingerprint density at radius 1 is 0.271 bits per heavy atom. The van der Waals surface area contributed by atoms with E-state index in [9.17, 15) is 0 Å². The van der Waals surface area contributed by atoms with E-state index in [-0.39, 0.29) is 19.5 Å². The average molecular weight is 1270 g/mol. The maximum Gasteiger partial charge on any atom is 0 e. The van der Waals surface area contributed by atoms with Gasteiger partial charge in [-0.3, -0.25) is 0 Å². The summed E-state index contributed by atoms with van der Waals surface area (Å²) in [4.78, 5) is 0. The van der Waals surface area contributed by atoms with Gasteiger partial charge < -0.3 is 30.3 Å². The van der Waals surface area contributed by atoms with Crippen LogP contribution in [0.15, 0.2) is 97.1 Å². The molecular formula is C82H124P2Ru-6. The molecule has 0 fully saturated rings. The maximum absolute atomic E-state index is 2.76. The Balaban J connectivity index is 0.00000245. The molecule has 0 aliphatic heterocycles. The van der Waals surface area contributed by atoms with Gasteiger partial charge in [0.2, 0.25) is 0 Å². The minimum absolute atomic E-state index is 0. The van der Waals surface area contributed by atoms with Gasteiger partial charge in [0.1, 0.15) is 0 Å².